The highest BCUT2D eigenvalue weighted by Crippen LogP contribution is 2.35. The quantitative estimate of drug-likeness (QED) is 0.898. The van der Waals surface area contributed by atoms with Crippen LogP contribution in [0.5, 0.6) is 0 Å². The molecule has 3 rings (SSSR count). The van der Waals surface area contributed by atoms with E-state index in [-0.39, 0.29) is 17.9 Å². The van der Waals surface area contributed by atoms with Gasteiger partial charge < -0.3 is 15.0 Å². The van der Waals surface area contributed by atoms with E-state index in [9.17, 15) is 4.79 Å². The summed E-state index contributed by atoms with van der Waals surface area (Å²) in [6, 6.07) is 8.55. The number of carbonyl (C=O) groups excluding carboxylic acids is 1. The van der Waals surface area contributed by atoms with Gasteiger partial charge in [0, 0.05) is 18.3 Å². The number of fused-ring (bicyclic) bond motifs is 1. The third kappa shape index (κ3) is 2.34. The van der Waals surface area contributed by atoms with Gasteiger partial charge in [-0.15, -0.1) is 0 Å². The van der Waals surface area contributed by atoms with Crippen molar-refractivity contribution >= 4 is 11.6 Å². The average molecular weight is 274 g/mol. The highest BCUT2D eigenvalue weighted by molar-refractivity contribution is 5.96. The van der Waals surface area contributed by atoms with Crippen molar-refractivity contribution < 1.29 is 9.53 Å². The van der Waals surface area contributed by atoms with Gasteiger partial charge in [-0.1, -0.05) is 18.2 Å². The lowest BCUT2D eigenvalue weighted by molar-refractivity contribution is -0.122. The molecular formula is C16H22N2O2. The standard InChI is InChI=1S/C16H22N2O2/c1-11-9-12(10-20-11)16(19)18-8-7-14(17-2)13-5-3-4-6-15(13)18/h3-6,11-12,14,17H,7-10H2,1-2H3. The first-order valence-corrected chi connectivity index (χ1v) is 7.40. The van der Waals surface area contributed by atoms with Gasteiger partial charge in [-0.3, -0.25) is 4.79 Å². The van der Waals surface area contributed by atoms with Gasteiger partial charge in [0.2, 0.25) is 5.91 Å². The van der Waals surface area contributed by atoms with Gasteiger partial charge in [0.25, 0.3) is 0 Å². The Bertz CT molecular complexity index is 503. The maximum absolute atomic E-state index is 12.7. The van der Waals surface area contributed by atoms with Gasteiger partial charge in [0.15, 0.2) is 0 Å². The molecule has 3 atom stereocenters. The summed E-state index contributed by atoms with van der Waals surface area (Å²) in [5.74, 6) is 0.237. The van der Waals surface area contributed by atoms with Crippen molar-refractivity contribution in [2.45, 2.75) is 31.9 Å². The first-order chi connectivity index (χ1) is 9.70. The van der Waals surface area contributed by atoms with Crippen molar-refractivity contribution in [3.05, 3.63) is 29.8 Å². The molecule has 1 aromatic carbocycles. The van der Waals surface area contributed by atoms with Crippen LogP contribution in [0.4, 0.5) is 5.69 Å². The molecule has 0 aliphatic carbocycles. The SMILES string of the molecule is CNC1CCN(C(=O)C2COC(C)C2)c2ccccc21. The molecule has 20 heavy (non-hydrogen) atoms. The summed E-state index contributed by atoms with van der Waals surface area (Å²) in [5, 5.41) is 3.33. The van der Waals surface area contributed by atoms with E-state index in [1.54, 1.807) is 0 Å². The van der Waals surface area contributed by atoms with Crippen LogP contribution in [0.2, 0.25) is 0 Å². The van der Waals surface area contributed by atoms with Crippen LogP contribution in [0.1, 0.15) is 31.4 Å². The zero-order valence-electron chi connectivity index (χ0n) is 12.1. The van der Waals surface area contributed by atoms with Crippen LogP contribution in [0.25, 0.3) is 0 Å². The van der Waals surface area contributed by atoms with E-state index < -0.39 is 0 Å². The molecule has 1 aromatic rings. The molecule has 4 heteroatoms. The third-order valence-corrected chi connectivity index (χ3v) is 4.41. The van der Waals surface area contributed by atoms with E-state index in [1.165, 1.54) is 5.56 Å². The molecule has 2 aliphatic rings. The average Bonchev–Trinajstić information content (AvgIpc) is 2.92. The molecule has 2 heterocycles. The zero-order valence-corrected chi connectivity index (χ0v) is 12.1. The van der Waals surface area contributed by atoms with Crippen LogP contribution in [0.3, 0.4) is 0 Å². The highest BCUT2D eigenvalue weighted by atomic mass is 16.5. The fourth-order valence-corrected chi connectivity index (χ4v) is 3.30. The summed E-state index contributed by atoms with van der Waals surface area (Å²) in [5.41, 5.74) is 2.28. The molecule has 4 nitrogen and oxygen atoms in total. The molecule has 0 radical (unpaired) electrons. The monoisotopic (exact) mass is 274 g/mol. The molecule has 3 unspecified atom stereocenters. The maximum atomic E-state index is 12.7. The number of benzene rings is 1. The third-order valence-electron chi connectivity index (χ3n) is 4.41. The van der Waals surface area contributed by atoms with Crippen molar-refractivity contribution in [1.82, 2.24) is 5.32 Å². The number of carbonyl (C=O) groups is 1. The number of ether oxygens (including phenoxy) is 1. The molecule has 2 aliphatic heterocycles. The summed E-state index contributed by atoms with van der Waals surface area (Å²) in [7, 11) is 1.98. The van der Waals surface area contributed by atoms with Gasteiger partial charge in [0.1, 0.15) is 0 Å². The Balaban J connectivity index is 1.86. The number of anilines is 1. The summed E-state index contributed by atoms with van der Waals surface area (Å²) < 4.78 is 5.55. The van der Waals surface area contributed by atoms with Crippen molar-refractivity contribution in [1.29, 1.82) is 0 Å². The molecule has 0 spiro atoms. The van der Waals surface area contributed by atoms with Crippen molar-refractivity contribution in [2.75, 3.05) is 25.1 Å². The lowest BCUT2D eigenvalue weighted by Gasteiger charge is -2.35. The van der Waals surface area contributed by atoms with Crippen molar-refractivity contribution in [3.8, 4) is 0 Å². The van der Waals surface area contributed by atoms with Gasteiger partial charge in [-0.05, 0) is 38.4 Å². The van der Waals surface area contributed by atoms with Gasteiger partial charge >= 0.3 is 0 Å². The first kappa shape index (κ1) is 13.6. The maximum Gasteiger partial charge on any atom is 0.232 e. The van der Waals surface area contributed by atoms with Crippen LogP contribution < -0.4 is 10.2 Å². The fourth-order valence-electron chi connectivity index (χ4n) is 3.30. The molecule has 1 fully saturated rings. The Hall–Kier alpha value is -1.39. The fraction of sp³-hybridized carbons (Fsp3) is 0.562. The minimum atomic E-state index is 0.0178. The number of nitrogens with zero attached hydrogens (tertiary/aromatic N) is 1. The topological polar surface area (TPSA) is 41.6 Å². The lowest BCUT2D eigenvalue weighted by Crippen LogP contribution is -2.42. The van der Waals surface area contributed by atoms with E-state index >= 15 is 0 Å². The number of rotatable bonds is 2. The van der Waals surface area contributed by atoms with E-state index in [2.05, 4.69) is 17.4 Å². The Kier molecular flexibility index (Phi) is 3.76. The van der Waals surface area contributed by atoms with Crippen LogP contribution in [-0.4, -0.2) is 32.2 Å². The lowest BCUT2D eigenvalue weighted by atomic mass is 9.94. The van der Waals surface area contributed by atoms with Gasteiger partial charge in [-0.25, -0.2) is 0 Å². The highest BCUT2D eigenvalue weighted by Gasteiger charge is 2.35. The largest absolute Gasteiger partial charge is 0.378 e. The summed E-state index contributed by atoms with van der Waals surface area (Å²) >= 11 is 0. The molecular weight excluding hydrogens is 252 g/mol. The molecule has 1 amide bonds. The predicted octanol–water partition coefficient (Wildman–Crippen LogP) is 2.11. The van der Waals surface area contributed by atoms with E-state index in [0.29, 0.717) is 12.6 Å². The van der Waals surface area contributed by atoms with Crippen LogP contribution in [0, 0.1) is 5.92 Å². The number of hydrogen-bond donors (Lipinski definition) is 1. The van der Waals surface area contributed by atoms with E-state index in [4.69, 9.17) is 4.74 Å². The molecule has 1 saturated heterocycles. The zero-order chi connectivity index (χ0) is 14.1. The second kappa shape index (κ2) is 5.54. The van der Waals surface area contributed by atoms with Crippen LogP contribution in [-0.2, 0) is 9.53 Å². The van der Waals surface area contributed by atoms with Crippen LogP contribution in [0.15, 0.2) is 24.3 Å². The van der Waals surface area contributed by atoms with E-state index in [1.807, 2.05) is 31.0 Å². The minimum Gasteiger partial charge on any atom is -0.378 e. The second-order valence-corrected chi connectivity index (χ2v) is 5.76. The smallest absolute Gasteiger partial charge is 0.232 e. The molecule has 108 valence electrons. The number of hydrogen-bond acceptors (Lipinski definition) is 3. The summed E-state index contributed by atoms with van der Waals surface area (Å²) in [4.78, 5) is 14.7. The number of amides is 1. The van der Waals surface area contributed by atoms with Crippen LogP contribution >= 0.6 is 0 Å². The normalized spacial score (nSPS) is 29.3. The summed E-state index contributed by atoms with van der Waals surface area (Å²) in [6.07, 6.45) is 2.00. The Morgan fingerprint density at radius 1 is 1.40 bits per heavy atom. The molecule has 0 aromatic heterocycles. The van der Waals surface area contributed by atoms with Gasteiger partial charge in [0.05, 0.1) is 18.6 Å². The Labute approximate surface area is 120 Å². The van der Waals surface area contributed by atoms with Crippen molar-refractivity contribution in [2.24, 2.45) is 5.92 Å². The summed E-state index contributed by atoms with van der Waals surface area (Å²) in [6.45, 7) is 3.38. The molecule has 0 bridgehead atoms. The molecule has 0 saturated carbocycles. The predicted molar refractivity (Wildman–Crippen MR) is 78.7 cm³/mol. The first-order valence-electron chi connectivity index (χ1n) is 7.40. The molecule has 1 N–H and O–H groups in total. The Morgan fingerprint density at radius 3 is 2.90 bits per heavy atom. The van der Waals surface area contributed by atoms with Crippen molar-refractivity contribution in [3.63, 3.8) is 0 Å². The van der Waals surface area contributed by atoms with E-state index in [0.717, 1.165) is 25.1 Å². The Morgan fingerprint density at radius 2 is 2.20 bits per heavy atom. The minimum absolute atomic E-state index is 0.0178. The number of nitrogens with one attached hydrogen (secondary N) is 1. The second-order valence-electron chi connectivity index (χ2n) is 5.76. The van der Waals surface area contributed by atoms with Gasteiger partial charge in [-0.2, -0.15) is 0 Å². The number of para-hydroxylation sites is 1.